The Kier molecular flexibility index (Phi) is 12.6. The number of nitrogens with one attached hydrogen (secondary N) is 1. The van der Waals surface area contributed by atoms with Gasteiger partial charge in [0.1, 0.15) is 0 Å². The Hall–Kier alpha value is -2.74. The van der Waals surface area contributed by atoms with E-state index in [9.17, 15) is 0 Å². The van der Waals surface area contributed by atoms with Gasteiger partial charge in [0.25, 0.3) is 0 Å². The minimum atomic E-state index is -0.0793. The van der Waals surface area contributed by atoms with Crippen LogP contribution in [0.15, 0.2) is 97.5 Å². The van der Waals surface area contributed by atoms with E-state index in [4.69, 9.17) is 0 Å². The Balaban J connectivity index is 3.52. The van der Waals surface area contributed by atoms with Crippen molar-refractivity contribution in [3.8, 4) is 0 Å². The van der Waals surface area contributed by atoms with E-state index in [2.05, 4.69) is 108 Å². The molecule has 0 saturated carbocycles. The minimum Gasteiger partial charge on any atom is -0.379 e. The molecular formula is C33H50N2. The number of benzene rings is 1. The second-order valence-electron chi connectivity index (χ2n) is 10.1. The predicted molar refractivity (Wildman–Crippen MR) is 159 cm³/mol. The third-order valence-electron chi connectivity index (χ3n) is 7.17. The van der Waals surface area contributed by atoms with Crippen LogP contribution >= 0.6 is 0 Å². The standard InChI is InChI=1S/C33H50N2/c1-12-16-27(8)34-33(26(7)15-4,24-23-25(5)6)30(11)31-19-21-32(22-20-31)35(28(9)17-13-2)29(10)18-14-3/h12-14,16-22,25-26,30,34H,2,8,10,15,23-24H2,1,3-7,9,11H3/b16-12-,18-14-,28-17+. The largest absolute Gasteiger partial charge is 0.379 e. The van der Waals surface area contributed by atoms with Crippen molar-refractivity contribution < 1.29 is 0 Å². The van der Waals surface area contributed by atoms with Crippen molar-refractivity contribution in [1.29, 1.82) is 0 Å². The number of allylic oxidation sites excluding steroid dienone is 7. The molecule has 0 radical (unpaired) electrons. The first-order chi connectivity index (χ1) is 16.6. The van der Waals surface area contributed by atoms with Crippen LogP contribution in [-0.2, 0) is 0 Å². The van der Waals surface area contributed by atoms with Gasteiger partial charge in [-0.3, -0.25) is 0 Å². The number of nitrogens with zero attached hydrogens (tertiary/aromatic N) is 1. The monoisotopic (exact) mass is 474 g/mol. The Morgan fingerprint density at radius 1 is 1.03 bits per heavy atom. The summed E-state index contributed by atoms with van der Waals surface area (Å²) in [7, 11) is 0. The molecule has 192 valence electrons. The first-order valence-corrected chi connectivity index (χ1v) is 13.2. The van der Waals surface area contributed by atoms with Crippen molar-refractivity contribution in [2.45, 2.75) is 86.1 Å². The average Bonchev–Trinajstić information content (AvgIpc) is 2.82. The zero-order chi connectivity index (χ0) is 26.6. The summed E-state index contributed by atoms with van der Waals surface area (Å²) in [5, 5.41) is 3.91. The Morgan fingerprint density at radius 2 is 1.63 bits per heavy atom. The Labute approximate surface area is 216 Å². The van der Waals surface area contributed by atoms with Crippen LogP contribution in [0.25, 0.3) is 0 Å². The van der Waals surface area contributed by atoms with Crippen LogP contribution in [0, 0.1) is 11.8 Å². The molecule has 1 aromatic carbocycles. The minimum absolute atomic E-state index is 0.0793. The zero-order valence-electron chi connectivity index (χ0n) is 23.7. The molecule has 0 aliphatic rings. The van der Waals surface area contributed by atoms with Crippen LogP contribution in [-0.4, -0.2) is 5.54 Å². The first kappa shape index (κ1) is 30.3. The third-order valence-corrected chi connectivity index (χ3v) is 7.17. The topological polar surface area (TPSA) is 15.3 Å². The van der Waals surface area contributed by atoms with E-state index in [-0.39, 0.29) is 5.54 Å². The van der Waals surface area contributed by atoms with Gasteiger partial charge in [0.05, 0.1) is 0 Å². The van der Waals surface area contributed by atoms with Crippen LogP contribution in [0.3, 0.4) is 0 Å². The third kappa shape index (κ3) is 8.16. The molecule has 0 aliphatic carbocycles. The highest BCUT2D eigenvalue weighted by Gasteiger charge is 2.41. The summed E-state index contributed by atoms with van der Waals surface area (Å²) >= 11 is 0. The summed E-state index contributed by atoms with van der Waals surface area (Å²) in [6, 6.07) is 8.99. The molecule has 1 rings (SSSR count). The summed E-state index contributed by atoms with van der Waals surface area (Å²) in [6.45, 7) is 30.3. The van der Waals surface area contributed by atoms with Gasteiger partial charge in [-0.1, -0.05) is 91.1 Å². The maximum Gasteiger partial charge on any atom is 0.0464 e. The van der Waals surface area contributed by atoms with Gasteiger partial charge in [0, 0.05) is 34.2 Å². The molecule has 1 N–H and O–H groups in total. The molecule has 35 heavy (non-hydrogen) atoms. The summed E-state index contributed by atoms with van der Waals surface area (Å²) < 4.78 is 0. The lowest BCUT2D eigenvalue weighted by molar-refractivity contribution is 0.171. The Morgan fingerprint density at radius 3 is 2.11 bits per heavy atom. The van der Waals surface area contributed by atoms with Crippen molar-refractivity contribution in [3.63, 3.8) is 0 Å². The quantitative estimate of drug-likeness (QED) is 0.254. The molecule has 1 aromatic rings. The molecule has 2 nitrogen and oxygen atoms in total. The maximum absolute atomic E-state index is 4.33. The van der Waals surface area contributed by atoms with Crippen LogP contribution in [0.2, 0.25) is 0 Å². The molecule has 2 heteroatoms. The molecule has 0 bridgehead atoms. The van der Waals surface area contributed by atoms with E-state index in [0.29, 0.717) is 17.8 Å². The summed E-state index contributed by atoms with van der Waals surface area (Å²) in [4.78, 5) is 2.17. The van der Waals surface area contributed by atoms with Gasteiger partial charge < -0.3 is 10.2 Å². The van der Waals surface area contributed by atoms with Gasteiger partial charge in [0.2, 0.25) is 0 Å². The summed E-state index contributed by atoms with van der Waals surface area (Å²) in [6.07, 6.45) is 15.4. The molecule has 3 unspecified atom stereocenters. The fraction of sp³-hybridized carbons (Fsp3) is 0.455. The summed E-state index contributed by atoms with van der Waals surface area (Å²) in [5.74, 6) is 1.45. The fourth-order valence-corrected chi connectivity index (χ4v) is 4.93. The molecule has 0 fully saturated rings. The highest BCUT2D eigenvalue weighted by Crippen LogP contribution is 2.41. The Bertz CT molecular complexity index is 913. The highest BCUT2D eigenvalue weighted by atomic mass is 15.1. The van der Waals surface area contributed by atoms with E-state index in [1.165, 1.54) is 12.0 Å². The normalized spacial score (nSPS) is 15.7. The second kappa shape index (κ2) is 14.6. The molecule has 0 heterocycles. The number of hydrogen-bond donors (Lipinski definition) is 1. The van der Waals surface area contributed by atoms with Crippen LogP contribution in [0.1, 0.15) is 86.1 Å². The molecule has 0 aromatic heterocycles. The van der Waals surface area contributed by atoms with E-state index >= 15 is 0 Å². The second-order valence-corrected chi connectivity index (χ2v) is 10.1. The molecule has 0 saturated heterocycles. The smallest absolute Gasteiger partial charge is 0.0464 e. The van der Waals surface area contributed by atoms with Crippen LogP contribution in [0.5, 0.6) is 0 Å². The van der Waals surface area contributed by atoms with Crippen LogP contribution < -0.4 is 10.2 Å². The van der Waals surface area contributed by atoms with Crippen molar-refractivity contribution in [2.75, 3.05) is 4.90 Å². The molecular weight excluding hydrogens is 424 g/mol. The van der Waals surface area contributed by atoms with E-state index in [0.717, 1.165) is 35.6 Å². The lowest BCUT2D eigenvalue weighted by Gasteiger charge is -2.46. The molecule has 0 spiro atoms. The molecule has 3 atom stereocenters. The summed E-state index contributed by atoms with van der Waals surface area (Å²) in [5.41, 5.74) is 5.35. The van der Waals surface area contributed by atoms with Crippen molar-refractivity contribution in [2.24, 2.45) is 11.8 Å². The number of rotatable bonds is 15. The van der Waals surface area contributed by atoms with Crippen molar-refractivity contribution >= 4 is 5.69 Å². The van der Waals surface area contributed by atoms with Gasteiger partial charge in [-0.15, -0.1) is 0 Å². The predicted octanol–water partition coefficient (Wildman–Crippen LogP) is 9.68. The lowest BCUT2D eigenvalue weighted by atomic mass is 9.68. The van der Waals surface area contributed by atoms with Gasteiger partial charge in [-0.25, -0.2) is 0 Å². The van der Waals surface area contributed by atoms with Crippen LogP contribution in [0.4, 0.5) is 5.69 Å². The SMILES string of the molecule is C=C/C=C(\C)N(C(=C)/C=C\C)c1ccc(C(C)C(CCC(C)C)(NC(=C)/C=C\C)C(C)CC)cc1. The zero-order valence-corrected chi connectivity index (χ0v) is 23.7. The lowest BCUT2D eigenvalue weighted by Crippen LogP contribution is -2.53. The van der Waals surface area contributed by atoms with Crippen molar-refractivity contribution in [1.82, 2.24) is 5.32 Å². The average molecular weight is 475 g/mol. The van der Waals surface area contributed by atoms with Gasteiger partial charge in [-0.2, -0.15) is 0 Å². The highest BCUT2D eigenvalue weighted by molar-refractivity contribution is 5.60. The number of anilines is 1. The maximum atomic E-state index is 4.33. The fourth-order valence-electron chi connectivity index (χ4n) is 4.93. The van der Waals surface area contributed by atoms with Gasteiger partial charge >= 0.3 is 0 Å². The van der Waals surface area contributed by atoms with Crippen molar-refractivity contribution in [3.05, 3.63) is 103 Å². The van der Waals surface area contributed by atoms with Gasteiger partial charge in [0.15, 0.2) is 0 Å². The van der Waals surface area contributed by atoms with E-state index in [1.807, 2.05) is 38.2 Å². The molecule has 0 aliphatic heterocycles. The first-order valence-electron chi connectivity index (χ1n) is 13.2. The number of hydrogen-bond acceptors (Lipinski definition) is 2. The van der Waals surface area contributed by atoms with Gasteiger partial charge in [-0.05, 0) is 81.4 Å². The molecule has 0 amide bonds. The van der Waals surface area contributed by atoms with E-state index in [1.54, 1.807) is 0 Å². The van der Waals surface area contributed by atoms with E-state index < -0.39 is 0 Å².